The summed E-state index contributed by atoms with van der Waals surface area (Å²) >= 11 is 3.48. The first-order valence-electron chi connectivity index (χ1n) is 5.78. The van der Waals surface area contributed by atoms with Gasteiger partial charge in [0.1, 0.15) is 5.82 Å². The Morgan fingerprint density at radius 3 is 2.83 bits per heavy atom. The Labute approximate surface area is 115 Å². The molecule has 2 aromatic rings. The molecule has 0 amide bonds. The van der Waals surface area contributed by atoms with E-state index in [9.17, 15) is 0 Å². The van der Waals surface area contributed by atoms with Crippen LogP contribution >= 0.6 is 15.9 Å². The molecule has 18 heavy (non-hydrogen) atoms. The number of hydrogen-bond acceptors (Lipinski definition) is 4. The van der Waals surface area contributed by atoms with Gasteiger partial charge in [-0.1, -0.05) is 15.9 Å². The summed E-state index contributed by atoms with van der Waals surface area (Å²) in [5.74, 6) is 1.41. The lowest BCUT2D eigenvalue weighted by Gasteiger charge is -2.08. The van der Waals surface area contributed by atoms with Crippen LogP contribution in [0.3, 0.4) is 0 Å². The number of aryl methyl sites for hydroxylation is 1. The highest BCUT2D eigenvalue weighted by atomic mass is 79.9. The third kappa shape index (κ3) is 3.43. The molecule has 1 heterocycles. The zero-order valence-electron chi connectivity index (χ0n) is 10.4. The topological polar surface area (TPSA) is 49.8 Å². The van der Waals surface area contributed by atoms with Crippen LogP contribution in [0.5, 0.6) is 0 Å². The van der Waals surface area contributed by atoms with E-state index in [0.29, 0.717) is 5.95 Å². The molecule has 0 fully saturated rings. The van der Waals surface area contributed by atoms with Crippen molar-refractivity contribution < 1.29 is 0 Å². The van der Waals surface area contributed by atoms with Gasteiger partial charge in [-0.05, 0) is 43.7 Å². The van der Waals surface area contributed by atoms with Crippen molar-refractivity contribution in [1.29, 1.82) is 0 Å². The molecule has 0 saturated carbocycles. The van der Waals surface area contributed by atoms with Gasteiger partial charge in [-0.2, -0.15) is 4.98 Å². The predicted molar refractivity (Wildman–Crippen MR) is 78.4 cm³/mol. The molecule has 2 rings (SSSR count). The number of anilines is 3. The standard InChI is InChI=1S/C13H15BrN4/c1-3-15-13-16-5-4-12(18-13)17-11-7-9(2)6-10(14)8-11/h4-8H,3H2,1-2H3,(H2,15,16,17,18). The van der Waals surface area contributed by atoms with E-state index >= 15 is 0 Å². The summed E-state index contributed by atoms with van der Waals surface area (Å²) in [5.41, 5.74) is 2.19. The second kappa shape index (κ2) is 5.82. The molecule has 5 heteroatoms. The van der Waals surface area contributed by atoms with Crippen molar-refractivity contribution in [2.45, 2.75) is 13.8 Å². The number of benzene rings is 1. The third-order valence-electron chi connectivity index (χ3n) is 2.30. The fraction of sp³-hybridized carbons (Fsp3) is 0.231. The second-order valence-corrected chi connectivity index (χ2v) is 4.85. The SMILES string of the molecule is CCNc1nccc(Nc2cc(C)cc(Br)c2)n1. The molecule has 2 N–H and O–H groups in total. The van der Waals surface area contributed by atoms with E-state index in [1.165, 1.54) is 5.56 Å². The Hall–Kier alpha value is -1.62. The molecule has 0 unspecified atom stereocenters. The average Bonchev–Trinajstić information content (AvgIpc) is 2.28. The molecule has 0 aliphatic heterocycles. The van der Waals surface area contributed by atoms with E-state index in [1.807, 2.05) is 19.1 Å². The molecule has 0 atom stereocenters. The summed E-state index contributed by atoms with van der Waals surface area (Å²) in [4.78, 5) is 8.50. The number of nitrogens with one attached hydrogen (secondary N) is 2. The maximum Gasteiger partial charge on any atom is 0.224 e. The smallest absolute Gasteiger partial charge is 0.224 e. The molecule has 0 aliphatic carbocycles. The number of hydrogen-bond donors (Lipinski definition) is 2. The fourth-order valence-electron chi connectivity index (χ4n) is 1.63. The molecule has 0 bridgehead atoms. The van der Waals surface area contributed by atoms with E-state index in [4.69, 9.17) is 0 Å². The van der Waals surface area contributed by atoms with E-state index in [-0.39, 0.29) is 0 Å². The number of nitrogens with zero attached hydrogens (tertiary/aromatic N) is 2. The van der Waals surface area contributed by atoms with Gasteiger partial charge in [0, 0.05) is 22.9 Å². The highest BCUT2D eigenvalue weighted by Gasteiger charge is 2.00. The first kappa shape index (κ1) is 12.8. The monoisotopic (exact) mass is 306 g/mol. The molecule has 0 aliphatic rings. The Morgan fingerprint density at radius 2 is 2.11 bits per heavy atom. The Bertz CT molecular complexity index is 522. The average molecular weight is 307 g/mol. The number of halogens is 1. The van der Waals surface area contributed by atoms with Crippen LogP contribution in [0.1, 0.15) is 12.5 Å². The summed E-state index contributed by atoms with van der Waals surface area (Å²) in [6.07, 6.45) is 1.73. The highest BCUT2D eigenvalue weighted by molar-refractivity contribution is 9.10. The fourth-order valence-corrected chi connectivity index (χ4v) is 2.24. The van der Waals surface area contributed by atoms with Crippen LogP contribution in [0.2, 0.25) is 0 Å². The zero-order chi connectivity index (χ0) is 13.0. The molecule has 0 radical (unpaired) electrons. The Balaban J connectivity index is 2.20. The maximum absolute atomic E-state index is 4.37. The number of rotatable bonds is 4. The molecule has 94 valence electrons. The minimum absolute atomic E-state index is 0.634. The van der Waals surface area contributed by atoms with E-state index < -0.39 is 0 Å². The minimum Gasteiger partial charge on any atom is -0.354 e. The van der Waals surface area contributed by atoms with Crippen molar-refractivity contribution in [3.05, 3.63) is 40.5 Å². The normalized spacial score (nSPS) is 10.2. The van der Waals surface area contributed by atoms with Crippen molar-refractivity contribution in [3.63, 3.8) is 0 Å². The largest absolute Gasteiger partial charge is 0.354 e. The van der Waals surface area contributed by atoms with Gasteiger partial charge in [-0.15, -0.1) is 0 Å². The van der Waals surface area contributed by atoms with Gasteiger partial charge in [0.25, 0.3) is 0 Å². The van der Waals surface area contributed by atoms with Gasteiger partial charge in [-0.25, -0.2) is 4.98 Å². The minimum atomic E-state index is 0.634. The van der Waals surface area contributed by atoms with Crippen molar-refractivity contribution in [1.82, 2.24) is 9.97 Å². The van der Waals surface area contributed by atoms with Crippen molar-refractivity contribution in [2.75, 3.05) is 17.2 Å². The van der Waals surface area contributed by atoms with E-state index in [2.05, 4.69) is 55.6 Å². The van der Waals surface area contributed by atoms with Crippen LogP contribution in [-0.4, -0.2) is 16.5 Å². The van der Waals surface area contributed by atoms with Crippen LogP contribution in [0.4, 0.5) is 17.5 Å². The van der Waals surface area contributed by atoms with Gasteiger partial charge < -0.3 is 10.6 Å². The van der Waals surface area contributed by atoms with Gasteiger partial charge in [0.2, 0.25) is 5.95 Å². The summed E-state index contributed by atoms with van der Waals surface area (Å²) in [6.45, 7) is 4.88. The molecule has 0 saturated heterocycles. The van der Waals surface area contributed by atoms with Crippen LogP contribution < -0.4 is 10.6 Å². The van der Waals surface area contributed by atoms with Gasteiger partial charge in [0.05, 0.1) is 0 Å². The molecular formula is C13H15BrN4. The van der Waals surface area contributed by atoms with Crippen LogP contribution in [-0.2, 0) is 0 Å². The van der Waals surface area contributed by atoms with Gasteiger partial charge in [0.15, 0.2) is 0 Å². The highest BCUT2D eigenvalue weighted by Crippen LogP contribution is 2.22. The van der Waals surface area contributed by atoms with Gasteiger partial charge in [-0.3, -0.25) is 0 Å². The van der Waals surface area contributed by atoms with Crippen molar-refractivity contribution in [2.24, 2.45) is 0 Å². The predicted octanol–water partition coefficient (Wildman–Crippen LogP) is 3.72. The Morgan fingerprint density at radius 1 is 1.28 bits per heavy atom. The first-order chi connectivity index (χ1) is 8.67. The first-order valence-corrected chi connectivity index (χ1v) is 6.58. The maximum atomic E-state index is 4.37. The molecular weight excluding hydrogens is 292 g/mol. The summed E-state index contributed by atoms with van der Waals surface area (Å²) in [5, 5.41) is 6.35. The lowest BCUT2D eigenvalue weighted by molar-refractivity contribution is 1.09. The summed E-state index contributed by atoms with van der Waals surface area (Å²) in [6, 6.07) is 7.99. The summed E-state index contributed by atoms with van der Waals surface area (Å²) < 4.78 is 1.05. The molecule has 4 nitrogen and oxygen atoms in total. The van der Waals surface area contributed by atoms with Crippen LogP contribution in [0.15, 0.2) is 34.9 Å². The van der Waals surface area contributed by atoms with E-state index in [1.54, 1.807) is 6.20 Å². The lowest BCUT2D eigenvalue weighted by Crippen LogP contribution is -2.03. The number of aromatic nitrogens is 2. The van der Waals surface area contributed by atoms with E-state index in [0.717, 1.165) is 22.5 Å². The molecule has 0 spiro atoms. The Kier molecular flexibility index (Phi) is 4.15. The quantitative estimate of drug-likeness (QED) is 0.904. The molecule has 1 aromatic carbocycles. The molecule has 1 aromatic heterocycles. The third-order valence-corrected chi connectivity index (χ3v) is 2.76. The summed E-state index contributed by atoms with van der Waals surface area (Å²) in [7, 11) is 0. The lowest BCUT2D eigenvalue weighted by atomic mass is 10.2. The zero-order valence-corrected chi connectivity index (χ0v) is 12.0. The van der Waals surface area contributed by atoms with Crippen LogP contribution in [0, 0.1) is 6.92 Å². The van der Waals surface area contributed by atoms with Crippen molar-refractivity contribution >= 4 is 33.4 Å². The van der Waals surface area contributed by atoms with Gasteiger partial charge >= 0.3 is 0 Å². The van der Waals surface area contributed by atoms with Crippen molar-refractivity contribution in [3.8, 4) is 0 Å². The van der Waals surface area contributed by atoms with Crippen LogP contribution in [0.25, 0.3) is 0 Å². The second-order valence-electron chi connectivity index (χ2n) is 3.94.